The first kappa shape index (κ1) is 9.26. The second-order valence-electron chi connectivity index (χ2n) is 3.10. The van der Waals surface area contributed by atoms with Gasteiger partial charge >= 0.3 is 5.97 Å². The van der Waals surface area contributed by atoms with Gasteiger partial charge < -0.3 is 5.11 Å². The molecular weight excluding hydrogens is 204 g/mol. The molecule has 0 saturated heterocycles. The molecule has 0 spiro atoms. The first-order valence-electron chi connectivity index (χ1n) is 4.09. The molecule has 0 saturated carbocycles. The number of fused-ring (bicyclic) bond motifs is 1. The van der Waals surface area contributed by atoms with E-state index in [-0.39, 0.29) is 10.8 Å². The number of carbonyl (C=O) groups is 1. The third-order valence-corrected chi connectivity index (χ3v) is 3.08. The van der Waals surface area contributed by atoms with Gasteiger partial charge in [-0.2, -0.15) is 0 Å². The van der Waals surface area contributed by atoms with Crippen molar-refractivity contribution >= 4 is 17.7 Å². The largest absolute Gasteiger partial charge is 0.477 e. The standard InChI is InChI=1S/C8H8N2O3S/c1-4-3-10-6(11)5(7(12)13)2-9-8(10)14-4/h2,4H,3H2,1H3,(H,12,13). The summed E-state index contributed by atoms with van der Waals surface area (Å²) in [5.41, 5.74) is -0.720. The van der Waals surface area contributed by atoms with Crippen LogP contribution in [0.3, 0.4) is 0 Å². The van der Waals surface area contributed by atoms with Crippen molar-refractivity contribution in [3.8, 4) is 0 Å². The summed E-state index contributed by atoms with van der Waals surface area (Å²) in [6.07, 6.45) is 1.13. The van der Waals surface area contributed by atoms with E-state index < -0.39 is 11.5 Å². The van der Waals surface area contributed by atoms with Crippen molar-refractivity contribution in [1.82, 2.24) is 9.55 Å². The first-order chi connectivity index (χ1) is 6.59. The maximum Gasteiger partial charge on any atom is 0.342 e. The fourth-order valence-electron chi connectivity index (χ4n) is 1.35. The van der Waals surface area contributed by atoms with E-state index in [0.717, 1.165) is 6.20 Å². The zero-order chi connectivity index (χ0) is 10.3. The molecule has 74 valence electrons. The molecule has 1 aliphatic rings. The third kappa shape index (κ3) is 1.31. The van der Waals surface area contributed by atoms with Crippen LogP contribution in [0.4, 0.5) is 0 Å². The van der Waals surface area contributed by atoms with Gasteiger partial charge in [0.25, 0.3) is 5.56 Å². The van der Waals surface area contributed by atoms with Gasteiger partial charge in [0.15, 0.2) is 5.16 Å². The average Bonchev–Trinajstić information content (AvgIpc) is 2.46. The van der Waals surface area contributed by atoms with E-state index in [9.17, 15) is 9.59 Å². The lowest BCUT2D eigenvalue weighted by Crippen LogP contribution is -2.27. The Morgan fingerprint density at radius 3 is 3.14 bits per heavy atom. The molecule has 5 nitrogen and oxygen atoms in total. The summed E-state index contributed by atoms with van der Waals surface area (Å²) in [6, 6.07) is 0. The molecule has 1 unspecified atom stereocenters. The topological polar surface area (TPSA) is 72.2 Å². The van der Waals surface area contributed by atoms with Crippen LogP contribution in [0.15, 0.2) is 16.1 Å². The van der Waals surface area contributed by atoms with Crippen molar-refractivity contribution < 1.29 is 9.90 Å². The van der Waals surface area contributed by atoms with E-state index in [1.807, 2.05) is 6.92 Å². The summed E-state index contributed by atoms with van der Waals surface area (Å²) in [4.78, 5) is 26.2. The molecule has 1 aliphatic heterocycles. The minimum absolute atomic E-state index is 0.261. The number of rotatable bonds is 1. The van der Waals surface area contributed by atoms with Gasteiger partial charge in [-0.3, -0.25) is 9.36 Å². The predicted octanol–water partition coefficient (Wildman–Crippen LogP) is 0.436. The van der Waals surface area contributed by atoms with Crippen LogP contribution in [0.2, 0.25) is 0 Å². The minimum atomic E-state index is -1.22. The Bertz CT molecular complexity index is 454. The molecule has 0 bridgehead atoms. The Balaban J connectivity index is 2.59. The van der Waals surface area contributed by atoms with Gasteiger partial charge in [-0.15, -0.1) is 0 Å². The van der Waals surface area contributed by atoms with Crippen LogP contribution in [0.25, 0.3) is 0 Å². The fourth-order valence-corrected chi connectivity index (χ4v) is 2.33. The van der Waals surface area contributed by atoms with Gasteiger partial charge in [0.05, 0.1) is 0 Å². The molecule has 0 radical (unpaired) electrons. The van der Waals surface area contributed by atoms with E-state index in [1.54, 1.807) is 0 Å². The molecular formula is C8H8N2O3S. The minimum Gasteiger partial charge on any atom is -0.477 e. The Labute approximate surface area is 83.8 Å². The highest BCUT2D eigenvalue weighted by atomic mass is 32.2. The normalized spacial score (nSPS) is 19.4. The second kappa shape index (κ2) is 3.13. The van der Waals surface area contributed by atoms with E-state index >= 15 is 0 Å². The van der Waals surface area contributed by atoms with Crippen LogP contribution >= 0.6 is 11.8 Å². The fraction of sp³-hybridized carbons (Fsp3) is 0.375. The van der Waals surface area contributed by atoms with Gasteiger partial charge in [0.2, 0.25) is 0 Å². The number of thioether (sulfide) groups is 1. The van der Waals surface area contributed by atoms with E-state index in [2.05, 4.69) is 4.98 Å². The number of carboxylic acids is 1. The van der Waals surface area contributed by atoms with E-state index in [1.165, 1.54) is 16.3 Å². The molecule has 2 heterocycles. The second-order valence-corrected chi connectivity index (χ2v) is 4.51. The van der Waals surface area contributed by atoms with Crippen LogP contribution in [-0.2, 0) is 6.54 Å². The number of nitrogens with zero attached hydrogens (tertiary/aromatic N) is 2. The van der Waals surface area contributed by atoms with Gasteiger partial charge in [-0.1, -0.05) is 18.7 Å². The maximum atomic E-state index is 11.6. The predicted molar refractivity (Wildman–Crippen MR) is 50.8 cm³/mol. The SMILES string of the molecule is CC1Cn2c(ncc(C(=O)O)c2=O)S1. The van der Waals surface area contributed by atoms with Crippen molar-refractivity contribution in [3.63, 3.8) is 0 Å². The van der Waals surface area contributed by atoms with Gasteiger partial charge in [0.1, 0.15) is 5.56 Å². The number of aromatic nitrogens is 2. The summed E-state index contributed by atoms with van der Waals surface area (Å²) in [6.45, 7) is 2.51. The van der Waals surface area contributed by atoms with Gasteiger partial charge in [0, 0.05) is 18.0 Å². The van der Waals surface area contributed by atoms with Crippen molar-refractivity contribution in [2.45, 2.75) is 23.9 Å². The molecule has 1 atom stereocenters. The smallest absolute Gasteiger partial charge is 0.342 e. The highest BCUT2D eigenvalue weighted by molar-refractivity contribution is 7.99. The number of hydrogen-bond donors (Lipinski definition) is 1. The summed E-state index contributed by atoms with van der Waals surface area (Å²) < 4.78 is 1.42. The van der Waals surface area contributed by atoms with Crippen molar-refractivity contribution in [1.29, 1.82) is 0 Å². The van der Waals surface area contributed by atoms with Gasteiger partial charge in [-0.05, 0) is 0 Å². The molecule has 14 heavy (non-hydrogen) atoms. The van der Waals surface area contributed by atoms with Crippen LogP contribution in [-0.4, -0.2) is 25.9 Å². The van der Waals surface area contributed by atoms with Crippen molar-refractivity contribution in [2.24, 2.45) is 0 Å². The number of carboxylic acid groups (broad SMARTS) is 1. The molecule has 6 heteroatoms. The lowest BCUT2D eigenvalue weighted by molar-refractivity contribution is 0.0693. The van der Waals surface area contributed by atoms with Crippen LogP contribution in [0.1, 0.15) is 17.3 Å². The summed E-state index contributed by atoms with van der Waals surface area (Å²) in [7, 11) is 0. The molecule has 0 aliphatic carbocycles. The quantitative estimate of drug-likeness (QED) is 0.684. The van der Waals surface area contributed by atoms with Gasteiger partial charge in [-0.25, -0.2) is 9.78 Å². The molecule has 2 rings (SSSR count). The van der Waals surface area contributed by atoms with E-state index in [4.69, 9.17) is 5.11 Å². The molecule has 1 N–H and O–H groups in total. The number of aromatic carboxylic acids is 1. The third-order valence-electron chi connectivity index (χ3n) is 1.99. The Morgan fingerprint density at radius 2 is 2.50 bits per heavy atom. The molecule has 0 aromatic carbocycles. The molecule has 0 amide bonds. The first-order valence-corrected chi connectivity index (χ1v) is 4.97. The van der Waals surface area contributed by atoms with Crippen LogP contribution in [0, 0.1) is 0 Å². The maximum absolute atomic E-state index is 11.6. The lowest BCUT2D eigenvalue weighted by Gasteiger charge is -2.00. The summed E-state index contributed by atoms with van der Waals surface area (Å²) in [5, 5.41) is 9.58. The van der Waals surface area contributed by atoms with Crippen molar-refractivity contribution in [3.05, 3.63) is 22.1 Å². The molecule has 1 aromatic rings. The average molecular weight is 212 g/mol. The highest BCUT2D eigenvalue weighted by Crippen LogP contribution is 2.27. The zero-order valence-electron chi connectivity index (χ0n) is 7.43. The van der Waals surface area contributed by atoms with E-state index in [0.29, 0.717) is 11.7 Å². The van der Waals surface area contributed by atoms with Crippen LogP contribution < -0.4 is 5.56 Å². The Kier molecular flexibility index (Phi) is 2.07. The zero-order valence-corrected chi connectivity index (χ0v) is 8.24. The Morgan fingerprint density at radius 1 is 1.79 bits per heavy atom. The highest BCUT2D eigenvalue weighted by Gasteiger charge is 2.23. The Hall–Kier alpha value is -1.30. The van der Waals surface area contributed by atoms with Crippen LogP contribution in [0.5, 0.6) is 0 Å². The lowest BCUT2D eigenvalue weighted by atomic mass is 10.3. The molecule has 1 aromatic heterocycles. The summed E-state index contributed by atoms with van der Waals surface area (Å²) in [5.74, 6) is -1.22. The van der Waals surface area contributed by atoms with Crippen molar-refractivity contribution in [2.75, 3.05) is 0 Å². The summed E-state index contributed by atoms with van der Waals surface area (Å²) >= 11 is 1.48. The number of hydrogen-bond acceptors (Lipinski definition) is 4. The monoisotopic (exact) mass is 212 g/mol. The molecule has 0 fully saturated rings.